The molecule has 1 heterocycles. The molecule has 2 aromatic rings. The molecule has 0 fully saturated rings. The molecule has 0 atom stereocenters. The molecule has 0 aliphatic heterocycles. The molecule has 0 amide bonds. The SMILES string of the molecule is CCOCCCn1c(=O)oc2cc(N)ccc21. The lowest BCUT2D eigenvalue weighted by atomic mass is 10.3. The number of hydrogen-bond donors (Lipinski definition) is 1. The Morgan fingerprint density at radius 3 is 3.06 bits per heavy atom. The molecular weight excluding hydrogens is 220 g/mol. The second kappa shape index (κ2) is 5.05. The van der Waals surface area contributed by atoms with Crippen LogP contribution >= 0.6 is 0 Å². The number of aryl methyl sites for hydroxylation is 1. The van der Waals surface area contributed by atoms with Crippen LogP contribution in [0.1, 0.15) is 13.3 Å². The van der Waals surface area contributed by atoms with Crippen molar-refractivity contribution in [3.05, 3.63) is 28.7 Å². The maximum absolute atomic E-state index is 11.6. The van der Waals surface area contributed by atoms with E-state index in [9.17, 15) is 4.79 Å². The third-order valence-corrected chi connectivity index (χ3v) is 2.57. The number of fused-ring (bicyclic) bond motifs is 1. The van der Waals surface area contributed by atoms with E-state index in [-0.39, 0.29) is 5.76 Å². The van der Waals surface area contributed by atoms with Gasteiger partial charge in [-0.3, -0.25) is 4.57 Å². The molecule has 1 aromatic carbocycles. The number of nitrogen functional groups attached to an aromatic ring is 1. The zero-order valence-electron chi connectivity index (χ0n) is 9.81. The fraction of sp³-hybridized carbons (Fsp3) is 0.417. The fourth-order valence-electron chi connectivity index (χ4n) is 1.76. The molecule has 2 rings (SSSR count). The summed E-state index contributed by atoms with van der Waals surface area (Å²) in [7, 11) is 0. The molecule has 0 unspecified atom stereocenters. The minimum atomic E-state index is -0.345. The van der Waals surface area contributed by atoms with E-state index in [1.807, 2.05) is 6.92 Å². The van der Waals surface area contributed by atoms with E-state index in [2.05, 4.69) is 0 Å². The Hall–Kier alpha value is -1.75. The molecule has 0 saturated carbocycles. The van der Waals surface area contributed by atoms with Crippen molar-refractivity contribution in [1.82, 2.24) is 4.57 Å². The van der Waals surface area contributed by atoms with Gasteiger partial charge in [0.2, 0.25) is 0 Å². The summed E-state index contributed by atoms with van der Waals surface area (Å²) >= 11 is 0. The Morgan fingerprint density at radius 1 is 1.47 bits per heavy atom. The molecule has 5 nitrogen and oxygen atoms in total. The summed E-state index contributed by atoms with van der Waals surface area (Å²) in [6, 6.07) is 5.22. The van der Waals surface area contributed by atoms with Gasteiger partial charge < -0.3 is 14.9 Å². The Balaban J connectivity index is 2.21. The zero-order chi connectivity index (χ0) is 12.3. The number of nitrogens with two attached hydrogens (primary N) is 1. The predicted molar refractivity (Wildman–Crippen MR) is 66.0 cm³/mol. The van der Waals surface area contributed by atoms with Crippen LogP contribution in [0.25, 0.3) is 11.1 Å². The highest BCUT2D eigenvalue weighted by Crippen LogP contribution is 2.16. The molecular formula is C12H16N2O3. The first-order valence-electron chi connectivity index (χ1n) is 5.69. The summed E-state index contributed by atoms with van der Waals surface area (Å²) in [4.78, 5) is 11.6. The predicted octanol–water partition coefficient (Wildman–Crippen LogP) is 1.60. The van der Waals surface area contributed by atoms with Crippen LogP contribution in [0, 0.1) is 0 Å². The maximum Gasteiger partial charge on any atom is 0.419 e. The first kappa shape index (κ1) is 11.7. The molecule has 1 aromatic heterocycles. The fourth-order valence-corrected chi connectivity index (χ4v) is 1.76. The summed E-state index contributed by atoms with van der Waals surface area (Å²) in [5.74, 6) is -0.345. The van der Waals surface area contributed by atoms with Gasteiger partial charge in [0.15, 0.2) is 5.58 Å². The van der Waals surface area contributed by atoms with E-state index in [1.165, 1.54) is 0 Å². The zero-order valence-corrected chi connectivity index (χ0v) is 9.81. The van der Waals surface area contributed by atoms with Crippen molar-refractivity contribution < 1.29 is 9.15 Å². The van der Waals surface area contributed by atoms with Crippen LogP contribution in [0.3, 0.4) is 0 Å². The Labute approximate surface area is 98.8 Å². The van der Waals surface area contributed by atoms with E-state index in [4.69, 9.17) is 14.9 Å². The number of hydrogen-bond acceptors (Lipinski definition) is 4. The van der Waals surface area contributed by atoms with Crippen LogP contribution < -0.4 is 11.5 Å². The number of aromatic nitrogens is 1. The second-order valence-corrected chi connectivity index (χ2v) is 3.80. The quantitative estimate of drug-likeness (QED) is 0.632. The summed E-state index contributed by atoms with van der Waals surface area (Å²) in [5.41, 5.74) is 7.53. The minimum absolute atomic E-state index is 0.345. The van der Waals surface area contributed by atoms with E-state index in [0.717, 1.165) is 11.9 Å². The third kappa shape index (κ3) is 2.50. The van der Waals surface area contributed by atoms with Crippen molar-refractivity contribution in [3.63, 3.8) is 0 Å². The van der Waals surface area contributed by atoms with Crippen LogP contribution in [-0.2, 0) is 11.3 Å². The summed E-state index contributed by atoms with van der Waals surface area (Å²) in [6.45, 7) is 3.88. The van der Waals surface area contributed by atoms with Gasteiger partial charge >= 0.3 is 5.76 Å². The standard InChI is InChI=1S/C12H16N2O3/c1-2-16-7-3-6-14-10-5-4-9(13)8-11(10)17-12(14)15/h4-5,8H,2-3,6-7,13H2,1H3. The number of anilines is 1. The van der Waals surface area contributed by atoms with Gasteiger partial charge in [-0.25, -0.2) is 4.79 Å². The normalized spacial score (nSPS) is 11.1. The van der Waals surface area contributed by atoms with Crippen molar-refractivity contribution in [2.75, 3.05) is 18.9 Å². The van der Waals surface area contributed by atoms with Gasteiger partial charge in [0, 0.05) is 31.5 Å². The van der Waals surface area contributed by atoms with E-state index >= 15 is 0 Å². The lowest BCUT2D eigenvalue weighted by molar-refractivity contribution is 0.141. The smallest absolute Gasteiger partial charge is 0.408 e. The lowest BCUT2D eigenvalue weighted by Gasteiger charge is -2.02. The van der Waals surface area contributed by atoms with E-state index in [0.29, 0.717) is 31.0 Å². The molecule has 17 heavy (non-hydrogen) atoms. The number of nitrogens with zero attached hydrogens (tertiary/aromatic N) is 1. The first-order valence-corrected chi connectivity index (χ1v) is 5.69. The van der Waals surface area contributed by atoms with Gasteiger partial charge in [-0.1, -0.05) is 0 Å². The molecule has 0 saturated heterocycles. The number of oxazole rings is 1. The van der Waals surface area contributed by atoms with Gasteiger partial charge in [-0.2, -0.15) is 0 Å². The highest BCUT2D eigenvalue weighted by atomic mass is 16.5. The van der Waals surface area contributed by atoms with Gasteiger partial charge in [0.25, 0.3) is 0 Å². The molecule has 92 valence electrons. The number of rotatable bonds is 5. The summed E-state index contributed by atoms with van der Waals surface area (Å²) < 4.78 is 12.0. The van der Waals surface area contributed by atoms with Crippen molar-refractivity contribution in [2.24, 2.45) is 0 Å². The molecule has 0 aliphatic rings. The van der Waals surface area contributed by atoms with Gasteiger partial charge in [0.1, 0.15) is 0 Å². The van der Waals surface area contributed by atoms with Crippen molar-refractivity contribution in [2.45, 2.75) is 19.9 Å². The van der Waals surface area contributed by atoms with Crippen LogP contribution in [-0.4, -0.2) is 17.8 Å². The van der Waals surface area contributed by atoms with E-state index in [1.54, 1.807) is 22.8 Å². The topological polar surface area (TPSA) is 70.4 Å². The molecule has 0 bridgehead atoms. The van der Waals surface area contributed by atoms with Crippen LogP contribution in [0.4, 0.5) is 5.69 Å². The molecule has 0 spiro atoms. The lowest BCUT2D eigenvalue weighted by Crippen LogP contribution is -2.15. The van der Waals surface area contributed by atoms with Crippen molar-refractivity contribution in [3.8, 4) is 0 Å². The Bertz CT molecular complexity index is 556. The first-order chi connectivity index (χ1) is 8.22. The largest absolute Gasteiger partial charge is 0.419 e. The summed E-state index contributed by atoms with van der Waals surface area (Å²) in [6.07, 6.45) is 0.784. The average molecular weight is 236 g/mol. The molecule has 2 N–H and O–H groups in total. The van der Waals surface area contributed by atoms with Crippen molar-refractivity contribution >= 4 is 16.8 Å². The van der Waals surface area contributed by atoms with Crippen molar-refractivity contribution in [1.29, 1.82) is 0 Å². The second-order valence-electron chi connectivity index (χ2n) is 3.80. The highest BCUT2D eigenvalue weighted by molar-refractivity contribution is 5.76. The highest BCUT2D eigenvalue weighted by Gasteiger charge is 2.08. The van der Waals surface area contributed by atoms with Crippen LogP contribution in [0.2, 0.25) is 0 Å². The number of ether oxygens (including phenoxy) is 1. The molecule has 0 aliphatic carbocycles. The van der Waals surface area contributed by atoms with Crippen LogP contribution in [0.5, 0.6) is 0 Å². The third-order valence-electron chi connectivity index (χ3n) is 2.57. The molecule has 0 radical (unpaired) electrons. The maximum atomic E-state index is 11.6. The average Bonchev–Trinajstić information content (AvgIpc) is 2.60. The van der Waals surface area contributed by atoms with Gasteiger partial charge in [-0.05, 0) is 25.5 Å². The minimum Gasteiger partial charge on any atom is -0.408 e. The van der Waals surface area contributed by atoms with E-state index < -0.39 is 0 Å². The Kier molecular flexibility index (Phi) is 3.49. The Morgan fingerprint density at radius 2 is 2.29 bits per heavy atom. The number of benzene rings is 1. The monoisotopic (exact) mass is 236 g/mol. The summed E-state index contributed by atoms with van der Waals surface area (Å²) in [5, 5.41) is 0. The van der Waals surface area contributed by atoms with Crippen LogP contribution in [0.15, 0.2) is 27.4 Å². The van der Waals surface area contributed by atoms with Gasteiger partial charge in [-0.15, -0.1) is 0 Å². The molecule has 5 heteroatoms. The van der Waals surface area contributed by atoms with Gasteiger partial charge in [0.05, 0.1) is 5.52 Å².